The van der Waals surface area contributed by atoms with Crippen LogP contribution in [0.1, 0.15) is 30.8 Å². The SMILES string of the molecule is CC[C@@H](N)c1ccc(N2CCn3ccnc3C2)cc1. The molecule has 0 saturated heterocycles. The molecule has 1 aromatic heterocycles. The van der Waals surface area contributed by atoms with Gasteiger partial charge in [-0.3, -0.25) is 0 Å². The minimum Gasteiger partial charge on any atom is -0.362 e. The highest BCUT2D eigenvalue weighted by Crippen LogP contribution is 2.23. The van der Waals surface area contributed by atoms with E-state index in [2.05, 4.69) is 51.8 Å². The van der Waals surface area contributed by atoms with Crippen molar-refractivity contribution in [2.45, 2.75) is 32.5 Å². The van der Waals surface area contributed by atoms with Crippen molar-refractivity contribution < 1.29 is 0 Å². The van der Waals surface area contributed by atoms with Crippen molar-refractivity contribution in [3.63, 3.8) is 0 Å². The lowest BCUT2D eigenvalue weighted by atomic mass is 10.0. The smallest absolute Gasteiger partial charge is 0.128 e. The molecule has 1 aromatic carbocycles. The van der Waals surface area contributed by atoms with E-state index in [1.807, 2.05) is 6.20 Å². The Labute approximate surface area is 113 Å². The largest absolute Gasteiger partial charge is 0.362 e. The van der Waals surface area contributed by atoms with Crippen molar-refractivity contribution in [2.75, 3.05) is 11.4 Å². The number of fused-ring (bicyclic) bond motifs is 1. The number of imidazole rings is 1. The average molecular weight is 256 g/mol. The van der Waals surface area contributed by atoms with Crippen LogP contribution in [0.3, 0.4) is 0 Å². The van der Waals surface area contributed by atoms with Gasteiger partial charge in [0.2, 0.25) is 0 Å². The number of aromatic nitrogens is 2. The summed E-state index contributed by atoms with van der Waals surface area (Å²) in [6.07, 6.45) is 4.90. The average Bonchev–Trinajstić information content (AvgIpc) is 2.94. The Morgan fingerprint density at radius 2 is 2.05 bits per heavy atom. The Morgan fingerprint density at radius 1 is 1.26 bits per heavy atom. The van der Waals surface area contributed by atoms with Crippen LogP contribution in [0.5, 0.6) is 0 Å². The molecular weight excluding hydrogens is 236 g/mol. The minimum atomic E-state index is 0.148. The van der Waals surface area contributed by atoms with E-state index in [1.165, 1.54) is 11.3 Å². The van der Waals surface area contributed by atoms with Gasteiger partial charge < -0.3 is 15.2 Å². The zero-order valence-electron chi connectivity index (χ0n) is 11.3. The van der Waals surface area contributed by atoms with Gasteiger partial charge in [0, 0.05) is 37.2 Å². The van der Waals surface area contributed by atoms with Crippen LogP contribution in [-0.2, 0) is 13.1 Å². The van der Waals surface area contributed by atoms with Gasteiger partial charge in [0.15, 0.2) is 0 Å². The highest BCUT2D eigenvalue weighted by Gasteiger charge is 2.16. The second kappa shape index (κ2) is 5.05. The molecule has 1 atom stereocenters. The molecule has 1 aliphatic heterocycles. The molecule has 0 saturated carbocycles. The molecule has 100 valence electrons. The van der Waals surface area contributed by atoms with Crippen molar-refractivity contribution in [2.24, 2.45) is 5.73 Å². The Balaban J connectivity index is 1.77. The molecule has 1 aliphatic rings. The topological polar surface area (TPSA) is 47.1 Å². The summed E-state index contributed by atoms with van der Waals surface area (Å²) < 4.78 is 2.22. The van der Waals surface area contributed by atoms with Gasteiger partial charge in [-0.2, -0.15) is 0 Å². The third-order valence-electron chi connectivity index (χ3n) is 3.87. The zero-order valence-corrected chi connectivity index (χ0v) is 11.3. The molecule has 4 nitrogen and oxygen atoms in total. The van der Waals surface area contributed by atoms with E-state index in [0.29, 0.717) is 0 Å². The summed E-state index contributed by atoms with van der Waals surface area (Å²) in [7, 11) is 0. The predicted octanol–water partition coefficient (Wildman–Crippen LogP) is 2.31. The predicted molar refractivity (Wildman–Crippen MR) is 76.9 cm³/mol. The van der Waals surface area contributed by atoms with Gasteiger partial charge in [-0.1, -0.05) is 19.1 Å². The third-order valence-corrected chi connectivity index (χ3v) is 3.87. The van der Waals surface area contributed by atoms with Crippen LogP contribution in [0, 0.1) is 0 Å². The lowest BCUT2D eigenvalue weighted by molar-refractivity contribution is 0.560. The van der Waals surface area contributed by atoms with Crippen LogP contribution in [0.15, 0.2) is 36.7 Å². The van der Waals surface area contributed by atoms with E-state index in [-0.39, 0.29) is 6.04 Å². The van der Waals surface area contributed by atoms with Gasteiger partial charge in [-0.05, 0) is 24.1 Å². The Bertz CT molecular complexity index is 544. The van der Waals surface area contributed by atoms with E-state index in [1.54, 1.807) is 0 Å². The third kappa shape index (κ3) is 2.36. The first-order valence-corrected chi connectivity index (χ1v) is 6.88. The molecule has 0 radical (unpaired) electrons. The van der Waals surface area contributed by atoms with E-state index in [4.69, 9.17) is 5.73 Å². The lowest BCUT2D eigenvalue weighted by Gasteiger charge is -2.29. The first-order valence-electron chi connectivity index (χ1n) is 6.88. The molecule has 0 fully saturated rings. The van der Waals surface area contributed by atoms with Crippen molar-refractivity contribution in [1.29, 1.82) is 0 Å². The van der Waals surface area contributed by atoms with Crippen LogP contribution in [0.2, 0.25) is 0 Å². The standard InChI is InChI=1S/C15H20N4/c1-2-14(16)12-3-5-13(6-4-12)19-10-9-18-8-7-17-15(18)11-19/h3-8,14H,2,9-11,16H2,1H3/t14-/m1/s1. The fourth-order valence-corrected chi connectivity index (χ4v) is 2.56. The fraction of sp³-hybridized carbons (Fsp3) is 0.400. The number of nitrogens with two attached hydrogens (primary N) is 1. The van der Waals surface area contributed by atoms with Crippen LogP contribution in [0.4, 0.5) is 5.69 Å². The van der Waals surface area contributed by atoms with Crippen LogP contribution in [0.25, 0.3) is 0 Å². The van der Waals surface area contributed by atoms with Crippen molar-refractivity contribution in [1.82, 2.24) is 9.55 Å². The van der Waals surface area contributed by atoms with Crippen LogP contribution in [-0.4, -0.2) is 16.1 Å². The van der Waals surface area contributed by atoms with Crippen LogP contribution >= 0.6 is 0 Å². The number of nitrogens with zero attached hydrogens (tertiary/aromatic N) is 3. The summed E-state index contributed by atoms with van der Waals surface area (Å²) in [5.41, 5.74) is 8.51. The van der Waals surface area contributed by atoms with Gasteiger partial charge in [0.25, 0.3) is 0 Å². The van der Waals surface area contributed by atoms with Crippen molar-refractivity contribution >= 4 is 5.69 Å². The maximum absolute atomic E-state index is 6.05. The number of benzene rings is 1. The molecule has 3 rings (SSSR count). The summed E-state index contributed by atoms with van der Waals surface area (Å²) in [6, 6.07) is 8.77. The zero-order chi connectivity index (χ0) is 13.2. The molecule has 2 heterocycles. The van der Waals surface area contributed by atoms with Crippen molar-refractivity contribution in [3.8, 4) is 0 Å². The highest BCUT2D eigenvalue weighted by molar-refractivity contribution is 5.48. The molecule has 4 heteroatoms. The second-order valence-electron chi connectivity index (χ2n) is 5.06. The summed E-state index contributed by atoms with van der Waals surface area (Å²) in [5.74, 6) is 1.14. The van der Waals surface area contributed by atoms with E-state index in [0.717, 1.165) is 31.9 Å². The van der Waals surface area contributed by atoms with Gasteiger partial charge >= 0.3 is 0 Å². The molecule has 0 aliphatic carbocycles. The maximum Gasteiger partial charge on any atom is 0.128 e. The van der Waals surface area contributed by atoms with Gasteiger partial charge in [-0.25, -0.2) is 4.98 Å². The molecule has 2 aromatic rings. The summed E-state index contributed by atoms with van der Waals surface area (Å²) in [4.78, 5) is 6.76. The van der Waals surface area contributed by atoms with Crippen molar-refractivity contribution in [3.05, 3.63) is 48.0 Å². The number of hydrogen-bond donors (Lipinski definition) is 1. The first kappa shape index (κ1) is 12.2. The van der Waals surface area contributed by atoms with E-state index in [9.17, 15) is 0 Å². The molecular formula is C15H20N4. The van der Waals surface area contributed by atoms with Gasteiger partial charge in [0.1, 0.15) is 5.82 Å². The highest BCUT2D eigenvalue weighted by atomic mass is 15.2. The molecule has 0 spiro atoms. The molecule has 0 bridgehead atoms. The van der Waals surface area contributed by atoms with Gasteiger partial charge in [-0.15, -0.1) is 0 Å². The van der Waals surface area contributed by atoms with E-state index >= 15 is 0 Å². The monoisotopic (exact) mass is 256 g/mol. The summed E-state index contributed by atoms with van der Waals surface area (Å²) in [5, 5.41) is 0. The maximum atomic E-state index is 6.05. The fourth-order valence-electron chi connectivity index (χ4n) is 2.56. The van der Waals surface area contributed by atoms with E-state index < -0.39 is 0 Å². The van der Waals surface area contributed by atoms with Gasteiger partial charge in [0.05, 0.1) is 6.54 Å². The Kier molecular flexibility index (Phi) is 3.25. The van der Waals surface area contributed by atoms with Crippen LogP contribution < -0.4 is 10.6 Å². The molecule has 2 N–H and O–H groups in total. The Hall–Kier alpha value is -1.81. The molecule has 19 heavy (non-hydrogen) atoms. The normalized spacial score (nSPS) is 16.2. The summed E-state index contributed by atoms with van der Waals surface area (Å²) in [6.45, 7) is 5.03. The number of hydrogen-bond acceptors (Lipinski definition) is 3. The Morgan fingerprint density at radius 3 is 2.79 bits per heavy atom. The molecule has 0 amide bonds. The number of anilines is 1. The first-order chi connectivity index (χ1) is 9.28. The number of rotatable bonds is 3. The second-order valence-corrected chi connectivity index (χ2v) is 5.06. The molecule has 0 unspecified atom stereocenters. The minimum absolute atomic E-state index is 0.148. The lowest BCUT2D eigenvalue weighted by Crippen LogP contribution is -2.33. The quantitative estimate of drug-likeness (QED) is 0.916. The summed E-state index contributed by atoms with van der Waals surface area (Å²) >= 11 is 0.